The molecule has 0 aliphatic heterocycles. The molecule has 0 aromatic heterocycles. The number of nitrogens with one attached hydrogen (secondary N) is 1. The molecular formula is C30H32Cl3N3O4S. The van der Waals surface area contributed by atoms with E-state index in [0.29, 0.717) is 10.6 Å². The standard InChI is InChI=1S/C30H32Cl3N3O4S/c1-21(30(38)34-23-11-4-2-5-12-23)35(19-22-10-8-9-15-26(22)31)29(37)20-36(24-16-17-27(32)28(33)18-24)41(39,40)25-13-6-3-7-14-25/h3,6-10,13-18,21,23H,2,4-5,11-12,19-20H2,1H3,(H,34,38). The summed E-state index contributed by atoms with van der Waals surface area (Å²) >= 11 is 18.8. The van der Waals surface area contributed by atoms with Crippen molar-refractivity contribution in [3.8, 4) is 0 Å². The Balaban J connectivity index is 1.69. The molecule has 4 rings (SSSR count). The molecule has 0 saturated heterocycles. The van der Waals surface area contributed by atoms with Crippen molar-refractivity contribution >= 4 is 62.3 Å². The lowest BCUT2D eigenvalue weighted by Gasteiger charge is -2.33. The van der Waals surface area contributed by atoms with E-state index in [0.717, 1.165) is 36.4 Å². The number of anilines is 1. The maximum Gasteiger partial charge on any atom is 0.264 e. The van der Waals surface area contributed by atoms with Crippen LogP contribution in [0.4, 0.5) is 5.69 Å². The van der Waals surface area contributed by atoms with Gasteiger partial charge in [-0.05, 0) is 61.7 Å². The van der Waals surface area contributed by atoms with Gasteiger partial charge in [-0.2, -0.15) is 0 Å². The molecular weight excluding hydrogens is 605 g/mol. The van der Waals surface area contributed by atoms with Gasteiger partial charge in [0.1, 0.15) is 12.6 Å². The monoisotopic (exact) mass is 635 g/mol. The Kier molecular flexibility index (Phi) is 10.6. The summed E-state index contributed by atoms with van der Waals surface area (Å²) in [7, 11) is -4.20. The molecule has 0 spiro atoms. The number of rotatable bonds is 10. The van der Waals surface area contributed by atoms with Crippen LogP contribution in [0.15, 0.2) is 77.7 Å². The summed E-state index contributed by atoms with van der Waals surface area (Å²) in [6.45, 7) is 1.07. The first-order chi connectivity index (χ1) is 19.6. The van der Waals surface area contributed by atoms with Crippen LogP contribution in [0, 0.1) is 0 Å². The Hall–Kier alpha value is -2.78. The summed E-state index contributed by atoms with van der Waals surface area (Å²) < 4.78 is 28.7. The van der Waals surface area contributed by atoms with Crippen LogP contribution in [-0.2, 0) is 26.2 Å². The third kappa shape index (κ3) is 7.74. The first kappa shape index (κ1) is 31.2. The lowest BCUT2D eigenvalue weighted by atomic mass is 9.95. The first-order valence-electron chi connectivity index (χ1n) is 13.4. The average molecular weight is 637 g/mol. The lowest BCUT2D eigenvalue weighted by molar-refractivity contribution is -0.139. The number of carbonyl (C=O) groups excluding carboxylic acids is 2. The van der Waals surface area contributed by atoms with Crippen LogP contribution in [0.3, 0.4) is 0 Å². The summed E-state index contributed by atoms with van der Waals surface area (Å²) in [6, 6.07) is 18.3. The van der Waals surface area contributed by atoms with Crippen molar-refractivity contribution in [2.45, 2.75) is 62.6 Å². The molecule has 2 amide bonds. The third-order valence-electron chi connectivity index (χ3n) is 7.22. The van der Waals surface area contributed by atoms with Gasteiger partial charge in [-0.3, -0.25) is 13.9 Å². The van der Waals surface area contributed by atoms with Crippen LogP contribution in [0.5, 0.6) is 0 Å². The molecule has 1 saturated carbocycles. The van der Waals surface area contributed by atoms with E-state index in [2.05, 4.69) is 5.32 Å². The van der Waals surface area contributed by atoms with Gasteiger partial charge in [-0.1, -0.05) is 90.5 Å². The summed E-state index contributed by atoms with van der Waals surface area (Å²) in [6.07, 6.45) is 4.99. The average Bonchev–Trinajstić information content (AvgIpc) is 2.97. The molecule has 1 atom stereocenters. The Morgan fingerprint density at radius 3 is 2.20 bits per heavy atom. The van der Waals surface area contributed by atoms with E-state index in [-0.39, 0.29) is 39.1 Å². The van der Waals surface area contributed by atoms with Crippen molar-refractivity contribution < 1.29 is 18.0 Å². The Bertz CT molecular complexity index is 1480. The molecule has 0 heterocycles. The van der Waals surface area contributed by atoms with Crippen molar-refractivity contribution in [2.24, 2.45) is 0 Å². The fourth-order valence-corrected chi connectivity index (χ4v) is 6.76. The van der Waals surface area contributed by atoms with Crippen LogP contribution >= 0.6 is 34.8 Å². The Morgan fingerprint density at radius 2 is 1.54 bits per heavy atom. The highest BCUT2D eigenvalue weighted by Crippen LogP contribution is 2.31. The second-order valence-corrected chi connectivity index (χ2v) is 13.1. The van der Waals surface area contributed by atoms with Crippen molar-refractivity contribution in [2.75, 3.05) is 10.8 Å². The van der Waals surface area contributed by atoms with Gasteiger partial charge in [0.15, 0.2) is 0 Å². The molecule has 1 aliphatic carbocycles. The van der Waals surface area contributed by atoms with Gasteiger partial charge < -0.3 is 10.2 Å². The van der Waals surface area contributed by atoms with Gasteiger partial charge in [-0.25, -0.2) is 8.42 Å². The number of nitrogens with zero attached hydrogens (tertiary/aromatic N) is 2. The van der Waals surface area contributed by atoms with Crippen LogP contribution in [0.2, 0.25) is 15.1 Å². The number of hydrogen-bond donors (Lipinski definition) is 1. The van der Waals surface area contributed by atoms with Gasteiger partial charge in [0, 0.05) is 17.6 Å². The first-order valence-corrected chi connectivity index (χ1v) is 16.0. The topological polar surface area (TPSA) is 86.8 Å². The van der Waals surface area contributed by atoms with E-state index < -0.39 is 28.5 Å². The number of benzene rings is 3. The highest BCUT2D eigenvalue weighted by Gasteiger charge is 2.33. The summed E-state index contributed by atoms with van der Waals surface area (Å²) in [5.41, 5.74) is 0.792. The zero-order valence-electron chi connectivity index (χ0n) is 22.6. The second kappa shape index (κ2) is 13.9. The van der Waals surface area contributed by atoms with Crippen LogP contribution in [0.1, 0.15) is 44.6 Å². The highest BCUT2D eigenvalue weighted by atomic mass is 35.5. The number of hydrogen-bond acceptors (Lipinski definition) is 4. The zero-order chi connectivity index (χ0) is 29.6. The highest BCUT2D eigenvalue weighted by molar-refractivity contribution is 7.92. The van der Waals surface area contributed by atoms with Gasteiger partial charge >= 0.3 is 0 Å². The number of carbonyl (C=O) groups is 2. The number of sulfonamides is 1. The van der Waals surface area contributed by atoms with Crippen LogP contribution in [-0.4, -0.2) is 43.8 Å². The normalized spacial score (nSPS) is 14.7. The molecule has 1 unspecified atom stereocenters. The van der Waals surface area contributed by atoms with E-state index in [1.165, 1.54) is 35.2 Å². The maximum absolute atomic E-state index is 14.0. The summed E-state index contributed by atoms with van der Waals surface area (Å²) in [5, 5.41) is 3.89. The van der Waals surface area contributed by atoms with Gasteiger partial charge in [0.25, 0.3) is 10.0 Å². The molecule has 218 valence electrons. The second-order valence-electron chi connectivity index (χ2n) is 10.1. The molecule has 7 nitrogen and oxygen atoms in total. The van der Waals surface area contributed by atoms with E-state index >= 15 is 0 Å². The molecule has 3 aromatic carbocycles. The minimum Gasteiger partial charge on any atom is -0.352 e. The molecule has 1 fully saturated rings. The van der Waals surface area contributed by atoms with Crippen molar-refractivity contribution in [3.63, 3.8) is 0 Å². The zero-order valence-corrected chi connectivity index (χ0v) is 25.7. The molecule has 11 heteroatoms. The SMILES string of the molecule is CC(C(=O)NC1CCCCC1)N(Cc1ccccc1Cl)C(=O)CN(c1ccc(Cl)c(Cl)c1)S(=O)(=O)c1ccccc1. The smallest absolute Gasteiger partial charge is 0.264 e. The maximum atomic E-state index is 14.0. The van der Waals surface area contributed by atoms with E-state index in [9.17, 15) is 18.0 Å². The molecule has 0 radical (unpaired) electrons. The number of halogens is 3. The molecule has 1 aliphatic rings. The van der Waals surface area contributed by atoms with Gasteiger partial charge in [-0.15, -0.1) is 0 Å². The fraction of sp³-hybridized carbons (Fsp3) is 0.333. The van der Waals surface area contributed by atoms with E-state index in [4.69, 9.17) is 34.8 Å². The van der Waals surface area contributed by atoms with Crippen LogP contribution < -0.4 is 9.62 Å². The minimum absolute atomic E-state index is 0.000355. The number of amides is 2. The summed E-state index contributed by atoms with van der Waals surface area (Å²) in [4.78, 5) is 28.8. The van der Waals surface area contributed by atoms with Crippen molar-refractivity contribution in [1.29, 1.82) is 0 Å². The predicted octanol–water partition coefficient (Wildman–Crippen LogP) is 6.71. The predicted molar refractivity (Wildman–Crippen MR) is 164 cm³/mol. The van der Waals surface area contributed by atoms with Crippen molar-refractivity contribution in [1.82, 2.24) is 10.2 Å². The van der Waals surface area contributed by atoms with Gasteiger partial charge in [0.05, 0.1) is 20.6 Å². The molecule has 41 heavy (non-hydrogen) atoms. The van der Waals surface area contributed by atoms with Crippen LogP contribution in [0.25, 0.3) is 0 Å². The van der Waals surface area contributed by atoms with E-state index in [1.54, 1.807) is 49.4 Å². The fourth-order valence-electron chi connectivity index (χ4n) is 4.85. The molecule has 0 bridgehead atoms. The third-order valence-corrected chi connectivity index (χ3v) is 10.1. The van der Waals surface area contributed by atoms with Crippen molar-refractivity contribution in [3.05, 3.63) is 93.4 Å². The molecule has 3 aromatic rings. The van der Waals surface area contributed by atoms with Gasteiger partial charge in [0.2, 0.25) is 11.8 Å². The van der Waals surface area contributed by atoms with E-state index in [1.807, 2.05) is 0 Å². The summed E-state index contributed by atoms with van der Waals surface area (Å²) in [5.74, 6) is -0.883. The Labute approximate surface area is 256 Å². The molecule has 1 N–H and O–H groups in total. The Morgan fingerprint density at radius 1 is 0.878 bits per heavy atom. The minimum atomic E-state index is -4.20. The largest absolute Gasteiger partial charge is 0.352 e. The quantitative estimate of drug-likeness (QED) is 0.268. The lowest BCUT2D eigenvalue weighted by Crippen LogP contribution is -2.53.